The Morgan fingerprint density at radius 2 is 1.86 bits per heavy atom. The summed E-state index contributed by atoms with van der Waals surface area (Å²) in [5, 5.41) is 10.2. The standard InChI is InChI=1S/C16H10Cl2O3/c1-8-6-9(2-5-12(8)19)7-13-15(20)14-10(17)3-4-11(18)16(14)21-13/h2-7,19H,1H3/b13-7-. The largest absolute Gasteiger partial charge is 0.508 e. The summed E-state index contributed by atoms with van der Waals surface area (Å²) < 4.78 is 5.54. The zero-order valence-corrected chi connectivity index (χ0v) is 12.5. The number of hydrogen-bond donors (Lipinski definition) is 1. The zero-order chi connectivity index (χ0) is 15.1. The Morgan fingerprint density at radius 3 is 2.52 bits per heavy atom. The first-order valence-electron chi connectivity index (χ1n) is 6.19. The molecular weight excluding hydrogens is 311 g/mol. The second kappa shape index (κ2) is 5.10. The Morgan fingerprint density at radius 1 is 1.14 bits per heavy atom. The van der Waals surface area contributed by atoms with Crippen molar-refractivity contribution in [2.45, 2.75) is 6.92 Å². The number of halogens is 2. The minimum atomic E-state index is -0.303. The Kier molecular flexibility index (Phi) is 3.40. The second-order valence-corrected chi connectivity index (χ2v) is 5.53. The van der Waals surface area contributed by atoms with Crippen molar-refractivity contribution in [3.05, 3.63) is 62.8 Å². The summed E-state index contributed by atoms with van der Waals surface area (Å²) in [4.78, 5) is 12.3. The number of fused-ring (bicyclic) bond motifs is 1. The summed E-state index contributed by atoms with van der Waals surface area (Å²) >= 11 is 12.1. The summed E-state index contributed by atoms with van der Waals surface area (Å²) in [6.45, 7) is 1.77. The molecule has 2 aromatic carbocycles. The Balaban J connectivity index is 2.05. The van der Waals surface area contributed by atoms with E-state index >= 15 is 0 Å². The van der Waals surface area contributed by atoms with E-state index in [4.69, 9.17) is 27.9 Å². The highest BCUT2D eigenvalue weighted by molar-refractivity contribution is 6.39. The summed E-state index contributed by atoms with van der Waals surface area (Å²) in [6.07, 6.45) is 1.60. The van der Waals surface area contributed by atoms with Gasteiger partial charge >= 0.3 is 0 Å². The van der Waals surface area contributed by atoms with Crippen LogP contribution < -0.4 is 4.74 Å². The molecule has 106 valence electrons. The first-order valence-corrected chi connectivity index (χ1v) is 6.95. The fourth-order valence-corrected chi connectivity index (χ4v) is 2.57. The van der Waals surface area contributed by atoms with Gasteiger partial charge in [-0.2, -0.15) is 0 Å². The van der Waals surface area contributed by atoms with E-state index in [2.05, 4.69) is 0 Å². The molecule has 1 heterocycles. The van der Waals surface area contributed by atoms with E-state index < -0.39 is 0 Å². The van der Waals surface area contributed by atoms with E-state index in [1.165, 1.54) is 0 Å². The van der Waals surface area contributed by atoms with Crippen LogP contribution in [0.25, 0.3) is 6.08 Å². The molecule has 0 aromatic heterocycles. The number of Topliss-reactive ketones (excluding diaryl/α,β-unsaturated/α-hetero) is 1. The molecule has 0 bridgehead atoms. The van der Waals surface area contributed by atoms with Crippen LogP contribution >= 0.6 is 23.2 Å². The maximum atomic E-state index is 12.3. The summed E-state index contributed by atoms with van der Waals surface area (Å²) in [7, 11) is 0. The highest BCUT2D eigenvalue weighted by Gasteiger charge is 2.31. The molecule has 0 saturated carbocycles. The molecule has 0 unspecified atom stereocenters. The van der Waals surface area contributed by atoms with Crippen molar-refractivity contribution in [1.82, 2.24) is 0 Å². The highest BCUT2D eigenvalue weighted by Crippen LogP contribution is 2.41. The third-order valence-corrected chi connectivity index (χ3v) is 3.85. The van der Waals surface area contributed by atoms with Crippen molar-refractivity contribution in [1.29, 1.82) is 0 Å². The topological polar surface area (TPSA) is 46.5 Å². The summed E-state index contributed by atoms with van der Waals surface area (Å²) in [5.41, 5.74) is 1.74. The average Bonchev–Trinajstić information content (AvgIpc) is 2.77. The fraction of sp³-hybridized carbons (Fsp3) is 0.0625. The number of carbonyl (C=O) groups excluding carboxylic acids is 1. The quantitative estimate of drug-likeness (QED) is 0.779. The van der Waals surface area contributed by atoms with E-state index in [0.717, 1.165) is 5.56 Å². The minimum absolute atomic E-state index is 0.157. The van der Waals surface area contributed by atoms with Crippen LogP contribution in [0.1, 0.15) is 21.5 Å². The Labute approximate surface area is 131 Å². The first-order chi connectivity index (χ1) is 9.97. The van der Waals surface area contributed by atoms with Crippen LogP contribution in [-0.4, -0.2) is 10.9 Å². The number of phenolic OH excluding ortho intramolecular Hbond substituents is 1. The predicted molar refractivity (Wildman–Crippen MR) is 82.2 cm³/mol. The van der Waals surface area contributed by atoms with Crippen LogP contribution in [0.3, 0.4) is 0 Å². The number of benzene rings is 2. The molecule has 0 aliphatic carbocycles. The van der Waals surface area contributed by atoms with Crippen LogP contribution in [0.2, 0.25) is 10.0 Å². The molecule has 2 aromatic rings. The number of allylic oxidation sites excluding steroid dienone is 1. The van der Waals surface area contributed by atoms with Gasteiger partial charge in [-0.3, -0.25) is 4.79 Å². The van der Waals surface area contributed by atoms with Gasteiger partial charge in [0.05, 0.1) is 15.6 Å². The van der Waals surface area contributed by atoms with Gasteiger partial charge in [0.1, 0.15) is 5.75 Å². The SMILES string of the molecule is Cc1cc(/C=C2\Oc3c(Cl)ccc(Cl)c3C2=O)ccc1O. The van der Waals surface area contributed by atoms with Gasteiger partial charge in [0.2, 0.25) is 5.78 Å². The van der Waals surface area contributed by atoms with Gasteiger partial charge in [-0.15, -0.1) is 0 Å². The summed E-state index contributed by atoms with van der Waals surface area (Å²) in [6, 6.07) is 8.17. The van der Waals surface area contributed by atoms with Crippen LogP contribution in [0.5, 0.6) is 11.5 Å². The van der Waals surface area contributed by atoms with Gasteiger partial charge in [-0.05, 0) is 48.4 Å². The van der Waals surface area contributed by atoms with E-state index in [1.54, 1.807) is 43.3 Å². The van der Waals surface area contributed by atoms with Gasteiger partial charge in [-0.25, -0.2) is 0 Å². The number of aromatic hydroxyl groups is 1. The molecule has 1 aliphatic rings. The minimum Gasteiger partial charge on any atom is -0.508 e. The van der Waals surface area contributed by atoms with Crippen molar-refractivity contribution in [3.63, 3.8) is 0 Å². The van der Waals surface area contributed by atoms with Gasteiger partial charge in [0, 0.05) is 0 Å². The van der Waals surface area contributed by atoms with Gasteiger partial charge in [0.25, 0.3) is 0 Å². The van der Waals surface area contributed by atoms with E-state index in [-0.39, 0.29) is 28.6 Å². The molecule has 0 amide bonds. The number of ether oxygens (including phenoxy) is 1. The number of phenols is 1. The maximum absolute atomic E-state index is 12.3. The van der Waals surface area contributed by atoms with Crippen molar-refractivity contribution >= 4 is 35.1 Å². The van der Waals surface area contributed by atoms with E-state index in [1.807, 2.05) is 0 Å². The summed E-state index contributed by atoms with van der Waals surface area (Å²) in [5.74, 6) is 0.342. The van der Waals surface area contributed by atoms with Crippen molar-refractivity contribution in [2.75, 3.05) is 0 Å². The van der Waals surface area contributed by atoms with E-state index in [9.17, 15) is 9.90 Å². The highest BCUT2D eigenvalue weighted by atomic mass is 35.5. The second-order valence-electron chi connectivity index (χ2n) is 4.72. The molecule has 1 aliphatic heterocycles. The molecule has 1 N–H and O–H groups in total. The fourth-order valence-electron chi connectivity index (χ4n) is 2.14. The molecule has 21 heavy (non-hydrogen) atoms. The molecular formula is C16H10Cl2O3. The molecule has 0 atom stereocenters. The number of carbonyl (C=O) groups is 1. The molecule has 0 fully saturated rings. The predicted octanol–water partition coefficient (Wildman–Crippen LogP) is 4.62. The van der Waals surface area contributed by atoms with Crippen molar-refractivity contribution in [3.8, 4) is 11.5 Å². The van der Waals surface area contributed by atoms with E-state index in [0.29, 0.717) is 15.6 Å². The molecule has 0 spiro atoms. The first kappa shape index (κ1) is 14.0. The lowest BCUT2D eigenvalue weighted by molar-refractivity contribution is 0.101. The lowest BCUT2D eigenvalue weighted by atomic mass is 10.1. The number of ketones is 1. The van der Waals surface area contributed by atoms with Crippen LogP contribution in [-0.2, 0) is 0 Å². The number of rotatable bonds is 1. The number of aryl methyl sites for hydroxylation is 1. The molecule has 0 radical (unpaired) electrons. The van der Waals surface area contributed by atoms with Gasteiger partial charge in [0.15, 0.2) is 11.5 Å². The van der Waals surface area contributed by atoms with Crippen LogP contribution in [0.4, 0.5) is 0 Å². The molecule has 3 nitrogen and oxygen atoms in total. The number of hydrogen-bond acceptors (Lipinski definition) is 3. The molecule has 5 heteroatoms. The van der Waals surface area contributed by atoms with Crippen molar-refractivity contribution in [2.24, 2.45) is 0 Å². The monoisotopic (exact) mass is 320 g/mol. The Hall–Kier alpha value is -1.97. The van der Waals surface area contributed by atoms with Gasteiger partial charge < -0.3 is 9.84 Å². The normalized spacial score (nSPS) is 15.2. The third kappa shape index (κ3) is 2.39. The maximum Gasteiger partial charge on any atom is 0.233 e. The lowest BCUT2D eigenvalue weighted by Gasteiger charge is -2.02. The smallest absolute Gasteiger partial charge is 0.233 e. The van der Waals surface area contributed by atoms with Crippen molar-refractivity contribution < 1.29 is 14.6 Å². The Bertz CT molecular complexity index is 794. The molecule has 0 saturated heterocycles. The van der Waals surface area contributed by atoms with Gasteiger partial charge in [-0.1, -0.05) is 29.3 Å². The average molecular weight is 321 g/mol. The third-order valence-electron chi connectivity index (χ3n) is 3.24. The molecule has 3 rings (SSSR count). The lowest BCUT2D eigenvalue weighted by Crippen LogP contribution is -1.98. The zero-order valence-electron chi connectivity index (χ0n) is 11.0. The van der Waals surface area contributed by atoms with Crippen LogP contribution in [0, 0.1) is 6.92 Å². The van der Waals surface area contributed by atoms with Crippen LogP contribution in [0.15, 0.2) is 36.1 Å².